The molecule has 1 aliphatic rings. The average Bonchev–Trinajstić information content (AvgIpc) is 0.757. The van der Waals surface area contributed by atoms with Gasteiger partial charge < -0.3 is 100 Å². The molecule has 1 heterocycles. The van der Waals surface area contributed by atoms with Crippen LogP contribution < -0.4 is 64.5 Å². The van der Waals surface area contributed by atoms with Crippen molar-refractivity contribution in [2.75, 3.05) is 29.9 Å². The molecule has 32 nitrogen and oxygen atoms in total. The van der Waals surface area contributed by atoms with E-state index in [0.717, 1.165) is 11.8 Å². The quantitative estimate of drug-likeness (QED) is 0.0147. The van der Waals surface area contributed by atoms with E-state index in [-0.39, 0.29) is 89.0 Å². The van der Waals surface area contributed by atoms with Crippen LogP contribution in [0, 0.1) is 11.8 Å². The number of aromatic carboxylic acids is 1. The standard InChI is InChI=1S/C63H80N12O20S/c1-5-31(4)54(62(93)94)75-60(90)44(21-30(2)3)73-57(87)42(7-6-20-67-63(65)66)70-49(79)27-68-56(86)43(18-19-51(81)82)71-58(88)45(22-32-8-11-34(76)12-9-32)74-59(89)46(26-52(83)84)72-55(85)40(64)28-96-29-50(80)69-41-17-10-33(23-39(41)61(91)92)53-37-15-13-35(77)24-47(37)95-48-25-36(78)14-16-38(48)53/h8-17,23-25,30-31,40,42-46,53-54,76-78H,5-7,18-22,26-29,64H2,1-4H3,(H,68,86)(H,69,80)(H,70,79)(H,71,88)(H,72,85)(H,73,87)(H,74,89)(H,75,90)(H,81,82)(H,83,84)(H,91,92)(H,93,94)(H4,65,66,67)/t31-,40-,42-,43-,44-,45-,46-,54-/m0/s1. The Labute approximate surface area is 554 Å². The van der Waals surface area contributed by atoms with E-state index in [1.807, 2.05) is 0 Å². The normalized spacial score (nSPS) is 14.1. The number of aliphatic imine (C=N–C) groups is 1. The molecule has 0 spiro atoms. The van der Waals surface area contributed by atoms with Crippen LogP contribution in [-0.4, -0.2) is 180 Å². The number of carboxylic acid groups (broad SMARTS) is 4. The number of nitrogens with two attached hydrogens (primary N) is 3. The van der Waals surface area contributed by atoms with Crippen LogP contribution in [0.5, 0.6) is 28.7 Å². The highest BCUT2D eigenvalue weighted by Gasteiger charge is 2.36. The molecule has 33 heteroatoms. The van der Waals surface area contributed by atoms with Gasteiger partial charge in [-0.1, -0.05) is 64.4 Å². The van der Waals surface area contributed by atoms with Crippen molar-refractivity contribution in [3.63, 3.8) is 0 Å². The summed E-state index contributed by atoms with van der Waals surface area (Å²) in [5, 5.41) is 89.1. The summed E-state index contributed by atoms with van der Waals surface area (Å²) in [6.07, 6.45) is -2.45. The van der Waals surface area contributed by atoms with E-state index in [4.69, 9.17) is 21.9 Å². The molecule has 0 bridgehead atoms. The van der Waals surface area contributed by atoms with Gasteiger partial charge >= 0.3 is 23.9 Å². The zero-order chi connectivity index (χ0) is 71.1. The van der Waals surface area contributed by atoms with E-state index in [2.05, 4.69) is 47.5 Å². The third-order valence-electron chi connectivity index (χ3n) is 15.0. The highest BCUT2D eigenvalue weighted by Crippen LogP contribution is 2.49. The first-order valence-corrected chi connectivity index (χ1v) is 31.4. The van der Waals surface area contributed by atoms with Gasteiger partial charge in [0.1, 0.15) is 65.0 Å². The molecule has 0 fully saturated rings. The first-order valence-electron chi connectivity index (χ1n) is 30.3. The smallest absolute Gasteiger partial charge is 0.337 e. The fraction of sp³-hybridized carbons (Fsp3) is 0.413. The molecule has 0 aromatic heterocycles. The first kappa shape index (κ1) is 76.0. The highest BCUT2D eigenvalue weighted by molar-refractivity contribution is 8.00. The molecule has 1 aliphatic heterocycles. The maximum atomic E-state index is 14.3. The third kappa shape index (κ3) is 23.4. The van der Waals surface area contributed by atoms with E-state index >= 15 is 0 Å². The number of phenols is 3. The number of nitrogens with one attached hydrogen (secondary N) is 8. The molecule has 4 aromatic rings. The van der Waals surface area contributed by atoms with Gasteiger partial charge in [-0.3, -0.25) is 52.9 Å². The largest absolute Gasteiger partial charge is 0.508 e. The number of fused-ring (bicyclic) bond motifs is 2. The Morgan fingerprint density at radius 1 is 0.615 bits per heavy atom. The van der Waals surface area contributed by atoms with Gasteiger partial charge in [-0.2, -0.15) is 0 Å². The molecule has 518 valence electrons. The summed E-state index contributed by atoms with van der Waals surface area (Å²) < 4.78 is 5.94. The van der Waals surface area contributed by atoms with Gasteiger partial charge in [-0.15, -0.1) is 11.8 Å². The lowest BCUT2D eigenvalue weighted by Crippen LogP contribution is -2.59. The van der Waals surface area contributed by atoms with Gasteiger partial charge in [-0.05, 0) is 85.0 Å². The van der Waals surface area contributed by atoms with Crippen LogP contribution in [0.4, 0.5) is 5.69 Å². The molecule has 8 atom stereocenters. The van der Waals surface area contributed by atoms with Gasteiger partial charge in [0.15, 0.2) is 5.96 Å². The maximum Gasteiger partial charge on any atom is 0.337 e. The minimum Gasteiger partial charge on any atom is -0.508 e. The Bertz CT molecular complexity index is 3500. The summed E-state index contributed by atoms with van der Waals surface area (Å²) in [7, 11) is 0. The number of benzene rings is 4. The summed E-state index contributed by atoms with van der Waals surface area (Å²) in [5.74, 6) is -16.0. The number of thioether (sulfide) groups is 1. The number of phenolic OH excluding ortho intramolecular Hbond substituents is 3. The van der Waals surface area contributed by atoms with Crippen LogP contribution in [-0.2, 0) is 59.2 Å². The number of carbonyl (C=O) groups is 12. The van der Waals surface area contributed by atoms with Crippen LogP contribution in [0.3, 0.4) is 0 Å². The van der Waals surface area contributed by atoms with E-state index in [9.17, 15) is 93.3 Å². The van der Waals surface area contributed by atoms with E-state index in [1.165, 1.54) is 60.7 Å². The number of amides is 8. The Kier molecular flexibility index (Phi) is 28.6. The second-order valence-electron chi connectivity index (χ2n) is 23.0. The highest BCUT2D eigenvalue weighted by atomic mass is 32.2. The van der Waals surface area contributed by atoms with Crippen molar-refractivity contribution in [1.82, 2.24) is 37.2 Å². The van der Waals surface area contributed by atoms with Crippen molar-refractivity contribution < 1.29 is 98.0 Å². The molecule has 0 saturated heterocycles. The SMILES string of the molecule is CC[C@H](C)[C@H](NC(=O)[C@H](CC(C)C)NC(=O)[C@H](CCCN=C(N)N)NC(=O)CNC(=O)[C@H](CCC(=O)O)NC(=O)[C@H](Cc1ccc(O)cc1)NC(=O)[C@H](CC(=O)O)NC(=O)[C@@H](N)CSCC(=O)Nc1ccc(C2c3ccc(O)cc3Oc3cc(O)ccc32)cc1C(=O)O)C(=O)O. The molecule has 0 saturated carbocycles. The maximum absolute atomic E-state index is 14.3. The van der Waals surface area contributed by atoms with E-state index in [1.54, 1.807) is 45.9 Å². The number of hydrogen-bond acceptors (Lipinski definition) is 19. The van der Waals surface area contributed by atoms with E-state index in [0.29, 0.717) is 23.1 Å². The number of nitrogens with zero attached hydrogens (tertiary/aromatic N) is 1. The van der Waals surface area contributed by atoms with Crippen molar-refractivity contribution >= 4 is 94.5 Å². The van der Waals surface area contributed by atoms with Crippen LogP contribution in [0.1, 0.15) is 111 Å². The fourth-order valence-corrected chi connectivity index (χ4v) is 10.7. The van der Waals surface area contributed by atoms with E-state index < -0.39 is 163 Å². The van der Waals surface area contributed by atoms with Crippen molar-refractivity contribution in [3.05, 3.63) is 107 Å². The monoisotopic (exact) mass is 1360 g/mol. The lowest BCUT2D eigenvalue weighted by atomic mass is 9.82. The van der Waals surface area contributed by atoms with Crippen molar-refractivity contribution in [3.8, 4) is 28.7 Å². The predicted octanol–water partition coefficient (Wildman–Crippen LogP) is 0.624. The second kappa shape index (κ2) is 36.1. The Morgan fingerprint density at radius 2 is 1.18 bits per heavy atom. The van der Waals surface area contributed by atoms with Crippen LogP contribution in [0.15, 0.2) is 83.9 Å². The number of ether oxygens (including phenoxy) is 1. The van der Waals surface area contributed by atoms with Gasteiger partial charge in [0.05, 0.1) is 36.0 Å². The van der Waals surface area contributed by atoms with Gasteiger partial charge in [0.25, 0.3) is 0 Å². The first-order chi connectivity index (χ1) is 45.3. The molecular formula is C63H80N12O20S. The number of anilines is 1. The van der Waals surface area contributed by atoms with Crippen LogP contribution in [0.25, 0.3) is 0 Å². The second-order valence-corrected chi connectivity index (χ2v) is 24.1. The lowest BCUT2D eigenvalue weighted by molar-refractivity contribution is -0.144. The average molecular weight is 1360 g/mol. The summed E-state index contributed by atoms with van der Waals surface area (Å²) in [6.45, 7) is 5.97. The Morgan fingerprint density at radius 3 is 1.75 bits per heavy atom. The van der Waals surface area contributed by atoms with Gasteiger partial charge in [-0.25, -0.2) is 9.59 Å². The number of hydrogen-bond donors (Lipinski definition) is 18. The third-order valence-corrected chi connectivity index (χ3v) is 16.1. The van der Waals surface area contributed by atoms with Gasteiger partial charge in [0, 0.05) is 54.3 Å². The molecule has 0 aliphatic carbocycles. The Hall–Kier alpha value is -10.7. The minimum absolute atomic E-state index is 0.00801. The summed E-state index contributed by atoms with van der Waals surface area (Å²) in [6, 6.07) is 7.37. The molecule has 0 unspecified atom stereocenters. The van der Waals surface area contributed by atoms with Crippen LogP contribution in [0.2, 0.25) is 0 Å². The number of aliphatic carboxylic acids is 3. The van der Waals surface area contributed by atoms with Crippen LogP contribution >= 0.6 is 11.8 Å². The molecular weight excluding hydrogens is 1280 g/mol. The molecule has 96 heavy (non-hydrogen) atoms. The molecule has 0 radical (unpaired) electrons. The number of guanidine groups is 1. The fourth-order valence-electron chi connectivity index (χ4n) is 9.95. The summed E-state index contributed by atoms with van der Waals surface area (Å²) in [4.78, 5) is 162. The predicted molar refractivity (Wildman–Crippen MR) is 347 cm³/mol. The molecule has 21 N–H and O–H groups in total. The number of carboxylic acids is 4. The zero-order valence-electron chi connectivity index (χ0n) is 52.8. The van der Waals surface area contributed by atoms with Crippen molar-refractivity contribution in [1.29, 1.82) is 0 Å². The molecule has 8 amide bonds. The van der Waals surface area contributed by atoms with Crippen molar-refractivity contribution in [2.45, 2.75) is 127 Å². The molecule has 4 aromatic carbocycles. The summed E-state index contributed by atoms with van der Waals surface area (Å²) in [5.41, 5.74) is 18.5. The molecule has 5 rings (SSSR count). The summed E-state index contributed by atoms with van der Waals surface area (Å²) >= 11 is 0.811. The Balaban J connectivity index is 1.26. The van der Waals surface area contributed by atoms with Crippen molar-refractivity contribution in [2.24, 2.45) is 34.0 Å². The van der Waals surface area contributed by atoms with Gasteiger partial charge in [0.2, 0.25) is 47.3 Å². The lowest BCUT2D eigenvalue weighted by Gasteiger charge is -2.29. The minimum atomic E-state index is -1.94. The topological polar surface area (TPSA) is 542 Å². The number of carbonyl (C=O) groups excluding carboxylic acids is 8. The number of aromatic hydroxyl groups is 3. The number of rotatable bonds is 37. The zero-order valence-corrected chi connectivity index (χ0v) is 53.6.